The van der Waals surface area contributed by atoms with E-state index >= 15 is 0 Å². The van der Waals surface area contributed by atoms with E-state index in [0.717, 1.165) is 31.2 Å². The van der Waals surface area contributed by atoms with Gasteiger partial charge in [-0.25, -0.2) is 9.48 Å². The number of carboxylic acid groups (broad SMARTS) is 1. The van der Waals surface area contributed by atoms with Crippen LogP contribution in [0.25, 0.3) is 11.3 Å². The van der Waals surface area contributed by atoms with E-state index < -0.39 is 5.97 Å². The van der Waals surface area contributed by atoms with Crippen LogP contribution >= 0.6 is 0 Å². The van der Waals surface area contributed by atoms with Gasteiger partial charge in [-0.1, -0.05) is 18.1 Å². The van der Waals surface area contributed by atoms with Crippen LogP contribution in [0.3, 0.4) is 0 Å². The van der Waals surface area contributed by atoms with Crippen LogP contribution in [0, 0.1) is 0 Å². The fraction of sp³-hybridized carbons (Fsp3) is 0.500. The number of nitrogens with zero attached hydrogens (tertiary/aromatic N) is 5. The molecule has 2 heterocycles. The van der Waals surface area contributed by atoms with Crippen molar-refractivity contribution in [2.45, 2.75) is 31.7 Å². The van der Waals surface area contributed by atoms with Crippen LogP contribution in [0.15, 0.2) is 12.4 Å². The van der Waals surface area contributed by atoms with Crippen LogP contribution < -0.4 is 0 Å². The Labute approximate surface area is 109 Å². The molecule has 1 aliphatic carbocycles. The molecule has 0 unspecified atom stereocenters. The molecule has 0 saturated heterocycles. The highest BCUT2D eigenvalue weighted by molar-refractivity contribution is 5.92. The Morgan fingerprint density at radius 1 is 1.42 bits per heavy atom. The summed E-state index contributed by atoms with van der Waals surface area (Å²) >= 11 is 0. The van der Waals surface area contributed by atoms with Crippen molar-refractivity contribution in [2.24, 2.45) is 7.05 Å². The molecule has 1 fully saturated rings. The summed E-state index contributed by atoms with van der Waals surface area (Å²) in [7, 11) is 1.80. The molecule has 7 nitrogen and oxygen atoms in total. The van der Waals surface area contributed by atoms with Crippen molar-refractivity contribution in [3.63, 3.8) is 0 Å². The molecule has 0 spiro atoms. The first-order valence-corrected chi connectivity index (χ1v) is 6.34. The van der Waals surface area contributed by atoms with Gasteiger partial charge in [0.1, 0.15) is 5.69 Å². The summed E-state index contributed by atoms with van der Waals surface area (Å²) < 4.78 is 3.40. The first kappa shape index (κ1) is 11.9. The van der Waals surface area contributed by atoms with E-state index in [2.05, 4.69) is 15.4 Å². The number of hydrogen-bond donors (Lipinski definition) is 1. The zero-order chi connectivity index (χ0) is 13.4. The van der Waals surface area contributed by atoms with Gasteiger partial charge in [0.05, 0.1) is 12.2 Å². The fourth-order valence-electron chi connectivity index (χ4n) is 2.65. The van der Waals surface area contributed by atoms with Crippen molar-refractivity contribution >= 4 is 5.97 Å². The third kappa shape index (κ3) is 2.00. The van der Waals surface area contributed by atoms with E-state index in [1.165, 1.54) is 0 Å². The van der Waals surface area contributed by atoms with Gasteiger partial charge in [0.15, 0.2) is 5.69 Å². The Kier molecular flexibility index (Phi) is 2.81. The quantitative estimate of drug-likeness (QED) is 0.904. The number of aromatic nitrogens is 5. The third-order valence-corrected chi connectivity index (χ3v) is 3.55. The Morgan fingerprint density at radius 2 is 2.16 bits per heavy atom. The molecule has 3 rings (SSSR count). The molecular weight excluding hydrogens is 246 g/mol. The van der Waals surface area contributed by atoms with Crippen LogP contribution in [-0.4, -0.2) is 35.9 Å². The largest absolute Gasteiger partial charge is 0.476 e. The van der Waals surface area contributed by atoms with Crippen molar-refractivity contribution < 1.29 is 9.90 Å². The van der Waals surface area contributed by atoms with E-state index in [-0.39, 0.29) is 11.7 Å². The lowest BCUT2D eigenvalue weighted by atomic mass is 10.1. The molecule has 1 aliphatic rings. The number of aromatic carboxylic acids is 1. The topological polar surface area (TPSA) is 85.8 Å². The molecular formula is C12H15N5O2. The average molecular weight is 261 g/mol. The van der Waals surface area contributed by atoms with E-state index in [1.807, 2.05) is 0 Å². The van der Waals surface area contributed by atoms with Gasteiger partial charge in [0, 0.05) is 18.8 Å². The highest BCUT2D eigenvalue weighted by Gasteiger charge is 2.27. The maximum Gasteiger partial charge on any atom is 0.358 e. The van der Waals surface area contributed by atoms with Gasteiger partial charge in [-0.05, 0) is 12.8 Å². The van der Waals surface area contributed by atoms with Gasteiger partial charge >= 0.3 is 5.97 Å². The van der Waals surface area contributed by atoms with Crippen molar-refractivity contribution in [2.75, 3.05) is 0 Å². The highest BCUT2D eigenvalue weighted by Crippen LogP contribution is 2.33. The minimum atomic E-state index is -1.05. The van der Waals surface area contributed by atoms with Crippen LogP contribution in [0.4, 0.5) is 0 Å². The zero-order valence-corrected chi connectivity index (χ0v) is 10.7. The molecule has 19 heavy (non-hydrogen) atoms. The number of carbonyl (C=O) groups is 1. The molecule has 0 aliphatic heterocycles. The fourth-order valence-corrected chi connectivity index (χ4v) is 2.65. The van der Waals surface area contributed by atoms with Gasteiger partial charge in [0.25, 0.3) is 0 Å². The third-order valence-electron chi connectivity index (χ3n) is 3.55. The van der Waals surface area contributed by atoms with E-state index in [9.17, 15) is 9.90 Å². The predicted octanol–water partition coefficient (Wildman–Crippen LogP) is 1.49. The van der Waals surface area contributed by atoms with Gasteiger partial charge in [0.2, 0.25) is 0 Å². The molecule has 0 radical (unpaired) electrons. The van der Waals surface area contributed by atoms with Crippen LogP contribution in [0.5, 0.6) is 0 Å². The molecule has 2 aromatic rings. The zero-order valence-electron chi connectivity index (χ0n) is 10.7. The lowest BCUT2D eigenvalue weighted by Crippen LogP contribution is -2.09. The number of hydrogen-bond acceptors (Lipinski definition) is 4. The molecule has 1 saturated carbocycles. The second kappa shape index (κ2) is 4.49. The van der Waals surface area contributed by atoms with Crippen molar-refractivity contribution in [3.05, 3.63) is 18.1 Å². The Morgan fingerprint density at radius 3 is 2.74 bits per heavy atom. The first-order valence-electron chi connectivity index (χ1n) is 6.34. The molecule has 1 N–H and O–H groups in total. The summed E-state index contributed by atoms with van der Waals surface area (Å²) in [5, 5.41) is 21.2. The lowest BCUT2D eigenvalue weighted by Gasteiger charge is -2.12. The SMILES string of the molecule is Cn1cc(-c2c(C(=O)O)nnn2C2CCCC2)cn1. The van der Waals surface area contributed by atoms with Crippen molar-refractivity contribution in [3.8, 4) is 11.3 Å². The maximum atomic E-state index is 11.3. The van der Waals surface area contributed by atoms with Crippen LogP contribution in [0.1, 0.15) is 42.2 Å². The van der Waals surface area contributed by atoms with Crippen molar-refractivity contribution in [1.82, 2.24) is 24.8 Å². The van der Waals surface area contributed by atoms with Crippen molar-refractivity contribution in [1.29, 1.82) is 0 Å². The summed E-state index contributed by atoms with van der Waals surface area (Å²) in [4.78, 5) is 11.3. The Balaban J connectivity index is 2.12. The summed E-state index contributed by atoms with van der Waals surface area (Å²) in [6, 6.07) is 0.246. The molecule has 0 atom stereocenters. The minimum Gasteiger partial charge on any atom is -0.476 e. The Hall–Kier alpha value is -2.18. The van der Waals surface area contributed by atoms with E-state index in [0.29, 0.717) is 5.69 Å². The Bertz CT molecular complexity index is 609. The molecule has 2 aromatic heterocycles. The van der Waals surface area contributed by atoms with Gasteiger partial charge in [-0.15, -0.1) is 5.10 Å². The number of rotatable bonds is 3. The summed E-state index contributed by atoms with van der Waals surface area (Å²) in [5.74, 6) is -1.05. The van der Waals surface area contributed by atoms with Crippen LogP contribution in [-0.2, 0) is 7.05 Å². The molecule has 0 aromatic carbocycles. The van der Waals surface area contributed by atoms with Gasteiger partial charge in [-0.2, -0.15) is 5.10 Å². The van der Waals surface area contributed by atoms with Gasteiger partial charge < -0.3 is 5.11 Å². The first-order chi connectivity index (χ1) is 9.16. The second-order valence-corrected chi connectivity index (χ2v) is 4.88. The second-order valence-electron chi connectivity index (χ2n) is 4.88. The lowest BCUT2D eigenvalue weighted by molar-refractivity contribution is 0.0691. The maximum absolute atomic E-state index is 11.3. The summed E-state index contributed by atoms with van der Waals surface area (Å²) in [5.41, 5.74) is 1.31. The van der Waals surface area contributed by atoms with E-state index in [4.69, 9.17) is 0 Å². The smallest absolute Gasteiger partial charge is 0.358 e. The predicted molar refractivity (Wildman–Crippen MR) is 66.7 cm³/mol. The van der Waals surface area contributed by atoms with E-state index in [1.54, 1.807) is 28.8 Å². The van der Waals surface area contributed by atoms with Gasteiger partial charge in [-0.3, -0.25) is 4.68 Å². The molecule has 100 valence electrons. The minimum absolute atomic E-state index is 0.0000926. The molecule has 0 bridgehead atoms. The number of carboxylic acids is 1. The van der Waals surface area contributed by atoms with Crippen LogP contribution in [0.2, 0.25) is 0 Å². The highest BCUT2D eigenvalue weighted by atomic mass is 16.4. The summed E-state index contributed by atoms with van der Waals surface area (Å²) in [6.45, 7) is 0. The average Bonchev–Trinajstić information content (AvgIpc) is 3.06. The molecule has 0 amide bonds. The summed E-state index contributed by atoms with van der Waals surface area (Å²) in [6.07, 6.45) is 7.79. The standard InChI is InChI=1S/C12H15N5O2/c1-16-7-8(6-13-16)11-10(12(18)19)14-15-17(11)9-4-2-3-5-9/h6-7,9H,2-5H2,1H3,(H,18,19). The normalized spacial score (nSPS) is 16.1. The monoisotopic (exact) mass is 261 g/mol. The molecule has 7 heteroatoms. The number of aryl methyl sites for hydroxylation is 1.